The van der Waals surface area contributed by atoms with Crippen LogP contribution in [0.25, 0.3) is 0 Å². The molecule has 1 unspecified atom stereocenters. The molecule has 1 heterocycles. The first-order valence-electron chi connectivity index (χ1n) is 4.99. The highest BCUT2D eigenvalue weighted by molar-refractivity contribution is 5.37. The fourth-order valence-corrected chi connectivity index (χ4v) is 1.20. The molecule has 1 rings (SSSR count). The zero-order valence-corrected chi connectivity index (χ0v) is 9.08. The Balaban J connectivity index is 2.43. The highest BCUT2D eigenvalue weighted by atomic mass is 16.5. The van der Waals surface area contributed by atoms with Crippen molar-refractivity contribution < 1.29 is 4.74 Å². The van der Waals surface area contributed by atoms with Gasteiger partial charge >= 0.3 is 0 Å². The Hall–Kier alpha value is -1.09. The molecule has 0 aromatic carbocycles. The summed E-state index contributed by atoms with van der Waals surface area (Å²) in [6, 6.07) is 4.31. The highest BCUT2D eigenvalue weighted by Gasteiger charge is 2.01. The van der Waals surface area contributed by atoms with Gasteiger partial charge in [-0.15, -0.1) is 0 Å². The molecule has 0 radical (unpaired) electrons. The van der Waals surface area contributed by atoms with Gasteiger partial charge in [-0.3, -0.25) is 0 Å². The van der Waals surface area contributed by atoms with Gasteiger partial charge in [-0.25, -0.2) is 4.98 Å². The normalized spacial score (nSPS) is 12.5. The molecule has 1 aromatic heterocycles. The minimum absolute atomic E-state index is 0.296. The summed E-state index contributed by atoms with van der Waals surface area (Å²) in [5.41, 5.74) is 1.21. The molecule has 14 heavy (non-hydrogen) atoms. The van der Waals surface area contributed by atoms with E-state index in [-0.39, 0.29) is 0 Å². The molecule has 3 heteroatoms. The number of aromatic nitrogens is 1. The second kappa shape index (κ2) is 5.60. The smallest absolute Gasteiger partial charge is 0.126 e. The number of hydrogen-bond acceptors (Lipinski definition) is 3. The summed E-state index contributed by atoms with van der Waals surface area (Å²) in [5, 5.41) is 3.28. The number of nitrogens with zero attached hydrogens (tertiary/aromatic N) is 1. The topological polar surface area (TPSA) is 34.1 Å². The van der Waals surface area contributed by atoms with Crippen molar-refractivity contribution in [1.82, 2.24) is 4.98 Å². The molecular formula is C11H18N2O. The number of nitrogens with one attached hydrogen (secondary N) is 1. The van der Waals surface area contributed by atoms with Crippen LogP contribution in [0.3, 0.4) is 0 Å². The van der Waals surface area contributed by atoms with E-state index in [1.54, 1.807) is 0 Å². The predicted molar refractivity (Wildman–Crippen MR) is 58.6 cm³/mol. The standard InChI is InChI=1S/C11H18N2O/c1-4-14-8-10(3)13-11-7-9(2)5-6-12-11/h5-7,10H,4,8H2,1-3H3,(H,12,13). The maximum absolute atomic E-state index is 5.31. The Bertz CT molecular complexity index is 276. The molecule has 0 aliphatic rings. The van der Waals surface area contributed by atoms with E-state index in [4.69, 9.17) is 4.74 Å². The summed E-state index contributed by atoms with van der Waals surface area (Å²) >= 11 is 0. The van der Waals surface area contributed by atoms with Crippen molar-refractivity contribution in [2.45, 2.75) is 26.8 Å². The van der Waals surface area contributed by atoms with E-state index in [1.165, 1.54) is 5.56 Å². The van der Waals surface area contributed by atoms with Gasteiger partial charge in [-0.1, -0.05) is 0 Å². The minimum Gasteiger partial charge on any atom is -0.380 e. The van der Waals surface area contributed by atoms with E-state index < -0.39 is 0 Å². The Morgan fingerprint density at radius 3 is 3.00 bits per heavy atom. The van der Waals surface area contributed by atoms with E-state index in [9.17, 15) is 0 Å². The lowest BCUT2D eigenvalue weighted by Gasteiger charge is -2.14. The number of anilines is 1. The van der Waals surface area contributed by atoms with Crippen LogP contribution in [0.15, 0.2) is 18.3 Å². The number of aryl methyl sites for hydroxylation is 1. The van der Waals surface area contributed by atoms with Gasteiger partial charge in [-0.05, 0) is 38.5 Å². The molecule has 0 spiro atoms. The quantitative estimate of drug-likeness (QED) is 0.780. The first-order chi connectivity index (χ1) is 6.72. The molecule has 0 aliphatic heterocycles. The Labute approximate surface area is 85.5 Å². The minimum atomic E-state index is 0.296. The number of hydrogen-bond donors (Lipinski definition) is 1. The van der Waals surface area contributed by atoms with Gasteiger partial charge in [0.15, 0.2) is 0 Å². The van der Waals surface area contributed by atoms with Crippen LogP contribution >= 0.6 is 0 Å². The van der Waals surface area contributed by atoms with Crippen molar-refractivity contribution in [1.29, 1.82) is 0 Å². The fraction of sp³-hybridized carbons (Fsp3) is 0.545. The van der Waals surface area contributed by atoms with Crippen LogP contribution in [0, 0.1) is 6.92 Å². The summed E-state index contributed by atoms with van der Waals surface area (Å²) in [7, 11) is 0. The van der Waals surface area contributed by atoms with E-state index in [0.717, 1.165) is 12.4 Å². The van der Waals surface area contributed by atoms with Gasteiger partial charge in [0.05, 0.1) is 6.61 Å². The van der Waals surface area contributed by atoms with Crippen LogP contribution in [0.2, 0.25) is 0 Å². The number of ether oxygens (including phenoxy) is 1. The zero-order valence-electron chi connectivity index (χ0n) is 9.08. The van der Waals surface area contributed by atoms with Crippen molar-refractivity contribution in [2.75, 3.05) is 18.5 Å². The predicted octanol–water partition coefficient (Wildman–Crippen LogP) is 2.23. The van der Waals surface area contributed by atoms with Crippen LogP contribution < -0.4 is 5.32 Å². The molecule has 1 atom stereocenters. The largest absolute Gasteiger partial charge is 0.380 e. The first kappa shape index (κ1) is 11.0. The van der Waals surface area contributed by atoms with Crippen molar-refractivity contribution in [3.05, 3.63) is 23.9 Å². The van der Waals surface area contributed by atoms with Gasteiger partial charge in [0.1, 0.15) is 5.82 Å². The van der Waals surface area contributed by atoms with Crippen molar-refractivity contribution in [3.63, 3.8) is 0 Å². The van der Waals surface area contributed by atoms with Gasteiger partial charge in [0, 0.05) is 18.8 Å². The summed E-state index contributed by atoms with van der Waals surface area (Å²) in [4.78, 5) is 4.22. The SMILES string of the molecule is CCOCC(C)Nc1cc(C)ccn1. The molecule has 78 valence electrons. The molecule has 1 N–H and O–H groups in total. The van der Waals surface area contributed by atoms with Crippen LogP contribution in [0.5, 0.6) is 0 Å². The monoisotopic (exact) mass is 194 g/mol. The zero-order chi connectivity index (χ0) is 10.4. The second-order valence-electron chi connectivity index (χ2n) is 3.42. The third-order valence-corrected chi connectivity index (χ3v) is 1.88. The molecular weight excluding hydrogens is 176 g/mol. The van der Waals surface area contributed by atoms with Gasteiger partial charge < -0.3 is 10.1 Å². The van der Waals surface area contributed by atoms with Crippen LogP contribution in [-0.4, -0.2) is 24.2 Å². The molecule has 0 saturated heterocycles. The highest BCUT2D eigenvalue weighted by Crippen LogP contribution is 2.06. The molecule has 1 aromatic rings. The summed E-state index contributed by atoms with van der Waals surface area (Å²) in [6.07, 6.45) is 1.81. The summed E-state index contributed by atoms with van der Waals surface area (Å²) in [6.45, 7) is 7.61. The van der Waals surface area contributed by atoms with E-state index >= 15 is 0 Å². The molecule has 0 saturated carbocycles. The Kier molecular flexibility index (Phi) is 4.40. The van der Waals surface area contributed by atoms with E-state index in [1.807, 2.05) is 25.3 Å². The van der Waals surface area contributed by atoms with Gasteiger partial charge in [-0.2, -0.15) is 0 Å². The molecule has 3 nitrogen and oxygen atoms in total. The number of pyridine rings is 1. The summed E-state index contributed by atoms with van der Waals surface area (Å²) < 4.78 is 5.31. The van der Waals surface area contributed by atoms with Crippen LogP contribution in [-0.2, 0) is 4.74 Å². The lowest BCUT2D eigenvalue weighted by Crippen LogP contribution is -2.22. The Morgan fingerprint density at radius 2 is 2.36 bits per heavy atom. The molecule has 0 fully saturated rings. The summed E-state index contributed by atoms with van der Waals surface area (Å²) in [5.74, 6) is 0.914. The third kappa shape index (κ3) is 3.75. The lowest BCUT2D eigenvalue weighted by molar-refractivity contribution is 0.141. The fourth-order valence-electron chi connectivity index (χ4n) is 1.20. The average Bonchev–Trinajstić information content (AvgIpc) is 2.15. The molecule has 0 amide bonds. The Morgan fingerprint density at radius 1 is 1.57 bits per heavy atom. The van der Waals surface area contributed by atoms with Crippen molar-refractivity contribution in [2.24, 2.45) is 0 Å². The van der Waals surface area contributed by atoms with Crippen LogP contribution in [0.1, 0.15) is 19.4 Å². The molecule has 0 aliphatic carbocycles. The lowest BCUT2D eigenvalue weighted by atomic mass is 10.3. The van der Waals surface area contributed by atoms with Gasteiger partial charge in [0.2, 0.25) is 0 Å². The first-order valence-corrected chi connectivity index (χ1v) is 4.99. The maximum Gasteiger partial charge on any atom is 0.126 e. The van der Waals surface area contributed by atoms with E-state index in [2.05, 4.69) is 24.1 Å². The van der Waals surface area contributed by atoms with E-state index in [0.29, 0.717) is 12.6 Å². The second-order valence-corrected chi connectivity index (χ2v) is 3.42. The third-order valence-electron chi connectivity index (χ3n) is 1.88. The van der Waals surface area contributed by atoms with Crippen molar-refractivity contribution >= 4 is 5.82 Å². The van der Waals surface area contributed by atoms with Gasteiger partial charge in [0.25, 0.3) is 0 Å². The average molecular weight is 194 g/mol. The number of rotatable bonds is 5. The van der Waals surface area contributed by atoms with Crippen LogP contribution in [0.4, 0.5) is 5.82 Å². The maximum atomic E-state index is 5.31. The van der Waals surface area contributed by atoms with Crippen molar-refractivity contribution in [3.8, 4) is 0 Å². The molecule has 0 bridgehead atoms.